The summed E-state index contributed by atoms with van der Waals surface area (Å²) < 4.78 is 5.36. The number of urea groups is 1. The summed E-state index contributed by atoms with van der Waals surface area (Å²) in [6.45, 7) is 3.30. The van der Waals surface area contributed by atoms with Gasteiger partial charge in [0.05, 0.1) is 25.7 Å². The number of carbonyl (C=O) groups is 2. The minimum atomic E-state index is -0.716. The van der Waals surface area contributed by atoms with Crippen LogP contribution in [-0.2, 0) is 16.1 Å². The van der Waals surface area contributed by atoms with E-state index in [0.29, 0.717) is 30.3 Å². The van der Waals surface area contributed by atoms with E-state index in [0.717, 1.165) is 24.5 Å². The normalized spacial score (nSPS) is 14.9. The number of morpholine rings is 1. The van der Waals surface area contributed by atoms with E-state index in [9.17, 15) is 9.59 Å². The van der Waals surface area contributed by atoms with Gasteiger partial charge >= 0.3 is 6.03 Å². The molecule has 0 saturated carbocycles. The van der Waals surface area contributed by atoms with E-state index >= 15 is 0 Å². The van der Waals surface area contributed by atoms with Gasteiger partial charge in [-0.15, -0.1) is 0 Å². The largest absolute Gasteiger partial charge is 0.378 e. The summed E-state index contributed by atoms with van der Waals surface area (Å²) in [6, 6.07) is 9.52. The maximum atomic E-state index is 12.5. The number of nitrogens with one attached hydrogen (secondary N) is 2. The first-order chi connectivity index (χ1) is 14.0. The summed E-state index contributed by atoms with van der Waals surface area (Å²) >= 11 is 6.21. The van der Waals surface area contributed by atoms with Gasteiger partial charge in [-0.3, -0.25) is 4.79 Å². The molecule has 29 heavy (non-hydrogen) atoms. The number of hydrogen-bond acceptors (Lipinski definition) is 5. The second-order valence-electron chi connectivity index (χ2n) is 6.69. The van der Waals surface area contributed by atoms with Crippen LogP contribution in [0.25, 0.3) is 0 Å². The number of halogens is 1. The second-order valence-corrected chi connectivity index (χ2v) is 7.09. The first kappa shape index (κ1) is 20.9. The van der Waals surface area contributed by atoms with Crippen molar-refractivity contribution in [1.29, 1.82) is 0 Å². The lowest BCUT2D eigenvalue weighted by atomic mass is 10.0. The van der Waals surface area contributed by atoms with Crippen molar-refractivity contribution >= 4 is 29.4 Å². The molecule has 3 amide bonds. The van der Waals surface area contributed by atoms with E-state index in [1.807, 2.05) is 12.1 Å². The Hall–Kier alpha value is -2.84. The Labute approximate surface area is 174 Å². The first-order valence-corrected chi connectivity index (χ1v) is 9.75. The molecule has 0 spiro atoms. The van der Waals surface area contributed by atoms with E-state index in [2.05, 4.69) is 20.5 Å². The molecule has 2 heterocycles. The molecular formula is C20H24ClN5O3. The van der Waals surface area contributed by atoms with Gasteiger partial charge in [0, 0.05) is 30.9 Å². The molecule has 8 nitrogen and oxygen atoms in total. The average Bonchev–Trinajstić information content (AvgIpc) is 2.73. The molecule has 1 aliphatic heterocycles. The van der Waals surface area contributed by atoms with Crippen molar-refractivity contribution in [2.75, 3.05) is 31.2 Å². The van der Waals surface area contributed by atoms with Crippen LogP contribution in [0.15, 0.2) is 42.6 Å². The summed E-state index contributed by atoms with van der Waals surface area (Å²) in [5.41, 5.74) is 6.84. The zero-order valence-corrected chi connectivity index (χ0v) is 16.7. The van der Waals surface area contributed by atoms with Crippen LogP contribution >= 0.6 is 11.6 Å². The lowest BCUT2D eigenvalue weighted by Crippen LogP contribution is -2.37. The number of nitrogens with two attached hydrogens (primary N) is 1. The predicted molar refractivity (Wildman–Crippen MR) is 111 cm³/mol. The van der Waals surface area contributed by atoms with Gasteiger partial charge in [0.15, 0.2) is 0 Å². The average molecular weight is 418 g/mol. The summed E-state index contributed by atoms with van der Waals surface area (Å²) in [7, 11) is 0. The molecule has 4 N–H and O–H groups in total. The Balaban J connectivity index is 1.60. The maximum Gasteiger partial charge on any atom is 0.312 e. The van der Waals surface area contributed by atoms with Crippen LogP contribution in [0.1, 0.15) is 23.6 Å². The predicted octanol–water partition coefficient (Wildman–Crippen LogP) is 1.99. The third-order valence-electron chi connectivity index (χ3n) is 4.62. The molecule has 154 valence electrons. The second kappa shape index (κ2) is 10.1. The lowest BCUT2D eigenvalue weighted by Gasteiger charge is -2.28. The van der Waals surface area contributed by atoms with Crippen molar-refractivity contribution in [2.45, 2.75) is 19.0 Å². The molecule has 0 aliphatic carbocycles. The SMILES string of the molecule is NC(=O)N[C@@H](CC(=O)NCc1ccnc(N2CCOCC2)c1)c1ccccc1Cl. The fourth-order valence-electron chi connectivity index (χ4n) is 3.16. The number of nitrogens with zero attached hydrogens (tertiary/aromatic N) is 2. The van der Waals surface area contributed by atoms with Crippen molar-refractivity contribution in [2.24, 2.45) is 5.73 Å². The summed E-state index contributed by atoms with van der Waals surface area (Å²) in [6.07, 6.45) is 1.75. The lowest BCUT2D eigenvalue weighted by molar-refractivity contribution is -0.121. The number of carbonyl (C=O) groups excluding carboxylic acids is 2. The van der Waals surface area contributed by atoms with E-state index in [4.69, 9.17) is 22.1 Å². The van der Waals surface area contributed by atoms with E-state index in [-0.39, 0.29) is 12.3 Å². The Morgan fingerprint density at radius 1 is 1.24 bits per heavy atom. The standard InChI is InChI=1S/C20H24ClN5O3/c21-16-4-2-1-3-15(16)17(25-20(22)28)12-19(27)24-13-14-5-6-23-18(11-14)26-7-9-29-10-8-26/h1-6,11,17H,7-10,12-13H2,(H,24,27)(H3,22,25,28)/t17-/m0/s1. The molecule has 9 heteroatoms. The topological polar surface area (TPSA) is 110 Å². The van der Waals surface area contributed by atoms with Crippen molar-refractivity contribution in [3.05, 3.63) is 58.7 Å². The van der Waals surface area contributed by atoms with Gasteiger partial charge < -0.3 is 26.0 Å². The molecule has 1 fully saturated rings. The minimum Gasteiger partial charge on any atom is -0.378 e. The van der Waals surface area contributed by atoms with Crippen LogP contribution in [0, 0.1) is 0 Å². The zero-order chi connectivity index (χ0) is 20.6. The van der Waals surface area contributed by atoms with Crippen molar-refractivity contribution in [3.63, 3.8) is 0 Å². The number of ether oxygens (including phenoxy) is 1. The van der Waals surface area contributed by atoms with Crippen molar-refractivity contribution in [3.8, 4) is 0 Å². The fourth-order valence-corrected chi connectivity index (χ4v) is 3.43. The summed E-state index contributed by atoms with van der Waals surface area (Å²) in [4.78, 5) is 30.4. The van der Waals surface area contributed by atoms with Crippen molar-refractivity contribution in [1.82, 2.24) is 15.6 Å². The molecule has 1 aromatic carbocycles. The molecular weight excluding hydrogens is 394 g/mol. The third kappa shape index (κ3) is 6.07. The highest BCUT2D eigenvalue weighted by Crippen LogP contribution is 2.25. The number of rotatable bonds is 7. The molecule has 1 saturated heterocycles. The highest BCUT2D eigenvalue weighted by molar-refractivity contribution is 6.31. The van der Waals surface area contributed by atoms with Gasteiger partial charge in [-0.25, -0.2) is 9.78 Å². The molecule has 1 aliphatic rings. The maximum absolute atomic E-state index is 12.5. The molecule has 0 radical (unpaired) electrons. The number of pyridine rings is 1. The van der Waals surface area contributed by atoms with Gasteiger partial charge in [0.2, 0.25) is 5.91 Å². The monoisotopic (exact) mass is 417 g/mol. The van der Waals surface area contributed by atoms with E-state index in [1.165, 1.54) is 0 Å². The molecule has 1 aromatic heterocycles. The number of benzene rings is 1. The van der Waals surface area contributed by atoms with Crippen LogP contribution in [0.5, 0.6) is 0 Å². The summed E-state index contributed by atoms with van der Waals surface area (Å²) in [5.74, 6) is 0.637. The number of primary amides is 1. The molecule has 0 unspecified atom stereocenters. The first-order valence-electron chi connectivity index (χ1n) is 9.37. The van der Waals surface area contributed by atoms with Gasteiger partial charge in [-0.1, -0.05) is 29.8 Å². The van der Waals surface area contributed by atoms with Gasteiger partial charge in [-0.05, 0) is 29.3 Å². The molecule has 2 aromatic rings. The van der Waals surface area contributed by atoms with Crippen LogP contribution in [0.3, 0.4) is 0 Å². The van der Waals surface area contributed by atoms with Crippen LogP contribution in [0.2, 0.25) is 5.02 Å². The van der Waals surface area contributed by atoms with Gasteiger partial charge in [0.1, 0.15) is 5.82 Å². The summed E-state index contributed by atoms with van der Waals surface area (Å²) in [5, 5.41) is 5.92. The highest BCUT2D eigenvalue weighted by Gasteiger charge is 2.20. The number of anilines is 1. The van der Waals surface area contributed by atoms with Crippen LogP contribution in [-0.4, -0.2) is 43.2 Å². The van der Waals surface area contributed by atoms with E-state index in [1.54, 1.807) is 30.5 Å². The molecule has 3 rings (SSSR count). The fraction of sp³-hybridized carbons (Fsp3) is 0.350. The van der Waals surface area contributed by atoms with Gasteiger partial charge in [-0.2, -0.15) is 0 Å². The molecule has 1 atom stereocenters. The van der Waals surface area contributed by atoms with Gasteiger partial charge in [0.25, 0.3) is 0 Å². The van der Waals surface area contributed by atoms with Crippen molar-refractivity contribution < 1.29 is 14.3 Å². The zero-order valence-electron chi connectivity index (χ0n) is 15.9. The Morgan fingerprint density at radius 3 is 2.72 bits per heavy atom. The highest BCUT2D eigenvalue weighted by atomic mass is 35.5. The van der Waals surface area contributed by atoms with Crippen LogP contribution in [0.4, 0.5) is 10.6 Å². The Morgan fingerprint density at radius 2 is 2.00 bits per heavy atom. The Kier molecular flexibility index (Phi) is 7.26. The van der Waals surface area contributed by atoms with Crippen LogP contribution < -0.4 is 21.3 Å². The quantitative estimate of drug-likeness (QED) is 0.638. The smallest absolute Gasteiger partial charge is 0.312 e. The number of hydrogen-bond donors (Lipinski definition) is 3. The Bertz CT molecular complexity index is 858. The minimum absolute atomic E-state index is 0.0219. The van der Waals surface area contributed by atoms with E-state index < -0.39 is 12.1 Å². The number of aromatic nitrogens is 1. The number of amides is 3. The third-order valence-corrected chi connectivity index (χ3v) is 4.97. The molecule has 0 bridgehead atoms.